The molecule has 24 heavy (non-hydrogen) atoms. The summed E-state index contributed by atoms with van der Waals surface area (Å²) in [7, 11) is 1.39. The molecule has 0 aromatic rings. The first kappa shape index (κ1) is 23.0. The highest BCUT2D eigenvalue weighted by Crippen LogP contribution is 2.14. The number of carbonyl (C=O) groups is 2. The molecule has 0 rings (SSSR count). The zero-order chi connectivity index (χ0) is 18.4. The fourth-order valence-electron chi connectivity index (χ4n) is 2.35. The van der Waals surface area contributed by atoms with Crippen LogP contribution in [-0.2, 0) is 14.3 Å². The van der Waals surface area contributed by atoms with Crippen molar-refractivity contribution in [3.63, 3.8) is 0 Å². The van der Waals surface area contributed by atoms with E-state index in [9.17, 15) is 9.59 Å². The number of esters is 1. The van der Waals surface area contributed by atoms with Crippen molar-refractivity contribution in [2.45, 2.75) is 65.3 Å². The summed E-state index contributed by atoms with van der Waals surface area (Å²) in [5, 5.41) is 0. The molecule has 0 spiro atoms. The Labute approximate surface area is 152 Å². The van der Waals surface area contributed by atoms with Gasteiger partial charge in [-0.25, -0.2) is 4.79 Å². The summed E-state index contributed by atoms with van der Waals surface area (Å²) < 4.78 is 4.93. The van der Waals surface area contributed by atoms with Gasteiger partial charge in [0.1, 0.15) is 6.04 Å². The molecule has 5 heteroatoms. The van der Waals surface area contributed by atoms with Gasteiger partial charge < -0.3 is 9.64 Å². The van der Waals surface area contributed by atoms with Gasteiger partial charge in [-0.1, -0.05) is 45.8 Å². The summed E-state index contributed by atoms with van der Waals surface area (Å²) in [6.45, 7) is 7.07. The Bertz CT molecular complexity index is 385. The number of carbonyl (C=O) groups excluding carboxylic acids is 2. The highest BCUT2D eigenvalue weighted by Gasteiger charge is 2.29. The van der Waals surface area contributed by atoms with Crippen LogP contribution in [-0.4, -0.2) is 48.5 Å². The lowest BCUT2D eigenvalue weighted by molar-refractivity contribution is -0.152. The van der Waals surface area contributed by atoms with Crippen molar-refractivity contribution >= 4 is 23.6 Å². The summed E-state index contributed by atoms with van der Waals surface area (Å²) >= 11 is 1.68. The number of rotatable bonds is 13. The zero-order valence-corrected chi connectivity index (χ0v) is 16.9. The van der Waals surface area contributed by atoms with Crippen LogP contribution in [0.25, 0.3) is 0 Å². The number of thioether (sulfide) groups is 1. The molecular formula is C19H35NO3S. The predicted octanol–water partition coefficient (Wildman–Crippen LogP) is 4.29. The van der Waals surface area contributed by atoms with Crippen molar-refractivity contribution < 1.29 is 14.3 Å². The summed E-state index contributed by atoms with van der Waals surface area (Å²) in [6.07, 6.45) is 11.0. The van der Waals surface area contributed by atoms with Gasteiger partial charge in [-0.05, 0) is 37.2 Å². The number of hydrogen-bond donors (Lipinski definition) is 0. The van der Waals surface area contributed by atoms with Gasteiger partial charge in [0.25, 0.3) is 0 Å². The molecule has 140 valence electrons. The smallest absolute Gasteiger partial charge is 0.328 e. The normalized spacial score (nSPS) is 13.7. The average Bonchev–Trinajstić information content (AvgIpc) is 2.60. The molecular weight excluding hydrogens is 322 g/mol. The molecule has 0 N–H and O–H groups in total. The highest BCUT2D eigenvalue weighted by molar-refractivity contribution is 7.98. The molecule has 0 heterocycles. The maximum atomic E-state index is 12.6. The predicted molar refractivity (Wildman–Crippen MR) is 103 cm³/mol. The number of methoxy groups -OCH3 is 1. The van der Waals surface area contributed by atoms with Crippen LogP contribution in [0.4, 0.5) is 0 Å². The van der Waals surface area contributed by atoms with Crippen molar-refractivity contribution in [1.29, 1.82) is 0 Å². The zero-order valence-electron chi connectivity index (χ0n) is 16.0. The molecule has 4 nitrogen and oxygen atoms in total. The molecule has 2 atom stereocenters. The highest BCUT2D eigenvalue weighted by atomic mass is 32.2. The Hall–Kier alpha value is -0.970. The van der Waals surface area contributed by atoms with Gasteiger partial charge in [0, 0.05) is 13.0 Å². The van der Waals surface area contributed by atoms with Gasteiger partial charge in [-0.2, -0.15) is 11.8 Å². The van der Waals surface area contributed by atoms with E-state index in [4.69, 9.17) is 4.74 Å². The van der Waals surface area contributed by atoms with Crippen LogP contribution in [0, 0.1) is 5.92 Å². The lowest BCUT2D eigenvalue weighted by Gasteiger charge is -2.29. The van der Waals surface area contributed by atoms with Gasteiger partial charge in [0.2, 0.25) is 5.91 Å². The van der Waals surface area contributed by atoms with Crippen LogP contribution < -0.4 is 0 Å². The molecule has 0 fully saturated rings. The summed E-state index contributed by atoms with van der Waals surface area (Å²) in [5.41, 5.74) is 0. The summed E-state index contributed by atoms with van der Waals surface area (Å²) in [5.74, 6) is 1.17. The average molecular weight is 358 g/mol. The van der Waals surface area contributed by atoms with Crippen molar-refractivity contribution in [2.75, 3.05) is 25.7 Å². The van der Waals surface area contributed by atoms with Gasteiger partial charge in [-0.15, -0.1) is 0 Å². The Morgan fingerprint density at radius 1 is 1.25 bits per heavy atom. The minimum atomic E-state index is -0.468. The number of ether oxygens (including phenoxy) is 1. The second-order valence-corrected chi connectivity index (χ2v) is 7.17. The molecule has 0 bridgehead atoms. The summed E-state index contributed by atoms with van der Waals surface area (Å²) in [4.78, 5) is 26.5. The van der Waals surface area contributed by atoms with Crippen LogP contribution in [0.5, 0.6) is 0 Å². The Balaban J connectivity index is 4.90. The third kappa shape index (κ3) is 9.36. The van der Waals surface area contributed by atoms with Crippen molar-refractivity contribution in [3.8, 4) is 0 Å². The summed E-state index contributed by atoms with van der Waals surface area (Å²) in [6, 6.07) is -0.468. The molecule has 1 amide bonds. The number of amides is 1. The van der Waals surface area contributed by atoms with Gasteiger partial charge in [0.05, 0.1) is 7.11 Å². The SMILES string of the molecule is CCCCN(C(=O)CC=CC[C@@H](C)CC)[C@H](CCSC)C(=O)OC. The van der Waals surface area contributed by atoms with E-state index >= 15 is 0 Å². The number of nitrogens with zero attached hydrogens (tertiary/aromatic N) is 1. The molecule has 0 unspecified atom stereocenters. The molecule has 0 saturated carbocycles. The second-order valence-electron chi connectivity index (χ2n) is 6.19. The van der Waals surface area contributed by atoms with E-state index in [0.717, 1.165) is 31.4 Å². The molecule has 0 aliphatic heterocycles. The molecule has 0 saturated heterocycles. The molecule has 0 aliphatic rings. The van der Waals surface area contributed by atoms with E-state index < -0.39 is 6.04 Å². The van der Waals surface area contributed by atoms with E-state index in [2.05, 4.69) is 26.8 Å². The second kappa shape index (κ2) is 14.4. The maximum absolute atomic E-state index is 12.6. The van der Waals surface area contributed by atoms with Crippen LogP contribution >= 0.6 is 11.8 Å². The standard InChI is InChI=1S/C19H35NO3S/c1-6-8-14-20(17(13-15-24-5)19(22)23-4)18(21)12-10-9-11-16(3)7-2/h9-10,16-17H,6-8,11-15H2,1-5H3/t16-,17+/m0/s1. The lowest BCUT2D eigenvalue weighted by Crippen LogP contribution is -2.46. The quantitative estimate of drug-likeness (QED) is 0.364. The molecule has 0 aromatic carbocycles. The number of allylic oxidation sites excluding steroid dienone is 1. The number of hydrogen-bond acceptors (Lipinski definition) is 4. The lowest BCUT2D eigenvalue weighted by atomic mass is 10.0. The first-order chi connectivity index (χ1) is 11.5. The van der Waals surface area contributed by atoms with E-state index in [1.165, 1.54) is 7.11 Å². The minimum absolute atomic E-state index is 0.0142. The minimum Gasteiger partial charge on any atom is -0.467 e. The third-order valence-corrected chi connectivity index (χ3v) is 4.86. The largest absolute Gasteiger partial charge is 0.467 e. The molecule has 0 aliphatic carbocycles. The Morgan fingerprint density at radius 3 is 2.50 bits per heavy atom. The van der Waals surface area contributed by atoms with Gasteiger partial charge in [-0.3, -0.25) is 4.79 Å². The Kier molecular flexibility index (Phi) is 13.8. The fourth-order valence-corrected chi connectivity index (χ4v) is 2.80. The topological polar surface area (TPSA) is 46.6 Å². The van der Waals surface area contributed by atoms with Crippen LogP contribution in [0.15, 0.2) is 12.2 Å². The monoisotopic (exact) mass is 357 g/mol. The molecule has 0 aromatic heterocycles. The molecule has 0 radical (unpaired) electrons. The maximum Gasteiger partial charge on any atom is 0.328 e. The van der Waals surface area contributed by atoms with Crippen LogP contribution in [0.1, 0.15) is 59.3 Å². The van der Waals surface area contributed by atoms with E-state index in [1.807, 2.05) is 12.3 Å². The first-order valence-corrected chi connectivity index (χ1v) is 10.4. The van der Waals surface area contributed by atoms with Gasteiger partial charge in [0.15, 0.2) is 0 Å². The fraction of sp³-hybridized carbons (Fsp3) is 0.789. The van der Waals surface area contributed by atoms with E-state index in [0.29, 0.717) is 25.3 Å². The first-order valence-electron chi connectivity index (χ1n) is 9.02. The Morgan fingerprint density at radius 2 is 1.96 bits per heavy atom. The van der Waals surface area contributed by atoms with Gasteiger partial charge >= 0.3 is 5.97 Å². The van der Waals surface area contributed by atoms with Crippen molar-refractivity contribution in [1.82, 2.24) is 4.90 Å². The number of unbranched alkanes of at least 4 members (excludes halogenated alkanes) is 1. The van der Waals surface area contributed by atoms with Crippen LogP contribution in [0.3, 0.4) is 0 Å². The van der Waals surface area contributed by atoms with E-state index in [-0.39, 0.29) is 11.9 Å². The van der Waals surface area contributed by atoms with Crippen molar-refractivity contribution in [3.05, 3.63) is 12.2 Å². The van der Waals surface area contributed by atoms with Crippen molar-refractivity contribution in [2.24, 2.45) is 5.92 Å². The van der Waals surface area contributed by atoms with E-state index in [1.54, 1.807) is 16.7 Å². The third-order valence-electron chi connectivity index (χ3n) is 4.21. The van der Waals surface area contributed by atoms with Crippen LogP contribution in [0.2, 0.25) is 0 Å².